The molecule has 0 bridgehead atoms. The van der Waals surface area contributed by atoms with Crippen molar-refractivity contribution in [3.63, 3.8) is 0 Å². The van der Waals surface area contributed by atoms with E-state index >= 15 is 0 Å². The van der Waals surface area contributed by atoms with Crippen LogP contribution in [0.1, 0.15) is 36.3 Å². The lowest BCUT2D eigenvalue weighted by Crippen LogP contribution is -2.60. The Hall–Kier alpha value is -2.84. The lowest BCUT2D eigenvalue weighted by atomic mass is 9.87. The topological polar surface area (TPSA) is 56.2 Å². The number of amides is 1. The van der Waals surface area contributed by atoms with Crippen molar-refractivity contribution in [1.29, 1.82) is 5.41 Å². The summed E-state index contributed by atoms with van der Waals surface area (Å²) in [5.41, 5.74) is 2.36. The number of hydrogen-bond acceptors (Lipinski definition) is 3. The van der Waals surface area contributed by atoms with Gasteiger partial charge in [0, 0.05) is 22.2 Å². The maximum absolute atomic E-state index is 12.1. The molecular formula is C22H23N3OS. The normalized spacial score (nSPS) is 19.9. The average Bonchev–Trinajstić information content (AvgIpc) is 2.93. The van der Waals surface area contributed by atoms with Crippen LogP contribution in [0.4, 0.5) is 0 Å². The zero-order valence-corrected chi connectivity index (χ0v) is 16.9. The number of hydrogen-bond donors (Lipinski definition) is 2. The highest BCUT2D eigenvalue weighted by atomic mass is 32.1. The standard InChI is InChI=1S/C22H23N3OS/c1-6-7-16-9-11-19-17(12-16)15(3)18(27-19)10-8-14(2)22(4)13-20(26)25(5)21(23)24-22/h8-12H,2,13H2,1,3-5H3,(H2,23,24)/b10-8-/t22-/m0/s1. The molecule has 27 heavy (non-hydrogen) atoms. The van der Waals surface area contributed by atoms with Gasteiger partial charge in [-0.15, -0.1) is 17.3 Å². The molecule has 2 N–H and O–H groups in total. The van der Waals surface area contributed by atoms with Gasteiger partial charge in [-0.3, -0.25) is 15.1 Å². The van der Waals surface area contributed by atoms with Crippen molar-refractivity contribution in [3.8, 4) is 11.8 Å². The molecule has 2 aromatic rings. The molecule has 138 valence electrons. The zero-order valence-electron chi connectivity index (χ0n) is 16.1. The Balaban J connectivity index is 1.88. The van der Waals surface area contributed by atoms with Crippen LogP contribution in [0.3, 0.4) is 0 Å². The smallest absolute Gasteiger partial charge is 0.231 e. The number of fused-ring (bicyclic) bond motifs is 1. The number of nitrogens with zero attached hydrogens (tertiary/aromatic N) is 1. The van der Waals surface area contributed by atoms with Crippen molar-refractivity contribution >= 4 is 39.4 Å². The number of carbonyl (C=O) groups excluding carboxylic acids is 1. The SMILES string of the molecule is C=C(/C=C\c1sc2ccc(C#CC)cc2c1C)[C@]1(C)CC(=O)N(C)C(=N)N1. The van der Waals surface area contributed by atoms with Crippen LogP contribution < -0.4 is 5.32 Å². The molecule has 1 aromatic heterocycles. The van der Waals surface area contributed by atoms with E-state index in [0.29, 0.717) is 0 Å². The minimum absolute atomic E-state index is 0.0848. The van der Waals surface area contributed by atoms with E-state index < -0.39 is 5.54 Å². The van der Waals surface area contributed by atoms with Gasteiger partial charge in [0.05, 0.1) is 12.0 Å². The first-order valence-corrected chi connectivity index (χ1v) is 9.53. The number of benzene rings is 1. The zero-order chi connectivity index (χ0) is 19.8. The molecule has 2 heterocycles. The molecule has 0 spiro atoms. The van der Waals surface area contributed by atoms with Crippen LogP contribution in [-0.4, -0.2) is 29.4 Å². The summed E-state index contributed by atoms with van der Waals surface area (Å²) in [7, 11) is 1.60. The van der Waals surface area contributed by atoms with Crippen molar-refractivity contribution in [3.05, 3.63) is 52.4 Å². The fourth-order valence-corrected chi connectivity index (χ4v) is 4.20. The number of thiophene rings is 1. The Morgan fingerprint density at radius 2 is 2.22 bits per heavy atom. The monoisotopic (exact) mass is 377 g/mol. The molecule has 5 heteroatoms. The lowest BCUT2D eigenvalue weighted by molar-refractivity contribution is -0.128. The van der Waals surface area contributed by atoms with E-state index in [2.05, 4.69) is 42.8 Å². The molecular weight excluding hydrogens is 354 g/mol. The van der Waals surface area contributed by atoms with Gasteiger partial charge in [-0.1, -0.05) is 18.6 Å². The summed E-state index contributed by atoms with van der Waals surface area (Å²) >= 11 is 1.73. The first-order chi connectivity index (χ1) is 12.7. The highest BCUT2D eigenvalue weighted by Crippen LogP contribution is 2.33. The highest BCUT2D eigenvalue weighted by molar-refractivity contribution is 7.20. The van der Waals surface area contributed by atoms with Crippen molar-refractivity contribution in [1.82, 2.24) is 10.2 Å². The summed E-state index contributed by atoms with van der Waals surface area (Å²) in [6.45, 7) is 10.0. The second-order valence-electron chi connectivity index (χ2n) is 6.97. The van der Waals surface area contributed by atoms with Crippen LogP contribution in [0.15, 0.2) is 36.4 Å². The Morgan fingerprint density at radius 3 is 2.89 bits per heavy atom. The molecule has 1 saturated heterocycles. The number of rotatable bonds is 3. The fraction of sp³-hybridized carbons (Fsp3) is 0.273. The lowest BCUT2D eigenvalue weighted by Gasteiger charge is -2.39. The first kappa shape index (κ1) is 18.9. The van der Waals surface area contributed by atoms with E-state index in [9.17, 15) is 4.79 Å². The number of carbonyl (C=O) groups is 1. The van der Waals surface area contributed by atoms with Crippen molar-refractivity contribution in [2.24, 2.45) is 0 Å². The van der Waals surface area contributed by atoms with Crippen molar-refractivity contribution < 1.29 is 4.79 Å². The molecule has 1 fully saturated rings. The van der Waals surface area contributed by atoms with E-state index in [4.69, 9.17) is 5.41 Å². The molecule has 0 radical (unpaired) electrons. The van der Waals surface area contributed by atoms with E-state index in [1.807, 2.05) is 32.1 Å². The molecule has 1 aliphatic rings. The van der Waals surface area contributed by atoms with E-state index in [-0.39, 0.29) is 18.3 Å². The minimum Gasteiger partial charge on any atom is -0.346 e. The second-order valence-corrected chi connectivity index (χ2v) is 8.05. The molecule has 1 aliphatic heterocycles. The van der Waals surface area contributed by atoms with E-state index in [1.54, 1.807) is 18.4 Å². The maximum Gasteiger partial charge on any atom is 0.231 e. The first-order valence-electron chi connectivity index (χ1n) is 8.72. The van der Waals surface area contributed by atoms with Gasteiger partial charge in [0.2, 0.25) is 5.91 Å². The van der Waals surface area contributed by atoms with Crippen LogP contribution >= 0.6 is 11.3 Å². The number of nitrogens with one attached hydrogen (secondary N) is 2. The van der Waals surface area contributed by atoms with Crippen LogP contribution in [0.25, 0.3) is 16.2 Å². The number of aryl methyl sites for hydroxylation is 1. The van der Waals surface area contributed by atoms with Gasteiger partial charge in [-0.2, -0.15) is 0 Å². The Bertz CT molecular complexity index is 1030. The molecule has 4 nitrogen and oxygen atoms in total. The summed E-state index contributed by atoms with van der Waals surface area (Å²) in [6, 6.07) is 6.28. The molecule has 0 aliphatic carbocycles. The van der Waals surface area contributed by atoms with Gasteiger partial charge in [0.15, 0.2) is 5.96 Å². The van der Waals surface area contributed by atoms with Crippen molar-refractivity contribution in [2.75, 3.05) is 7.05 Å². The molecule has 3 rings (SSSR count). The van der Waals surface area contributed by atoms with Gasteiger partial charge < -0.3 is 5.32 Å². The quantitative estimate of drug-likeness (QED) is 0.619. The second kappa shape index (κ2) is 7.05. The molecule has 0 saturated carbocycles. The Kier molecular flexibility index (Phi) is 4.95. The summed E-state index contributed by atoms with van der Waals surface area (Å²) in [5.74, 6) is 6.06. The van der Waals surface area contributed by atoms with Gasteiger partial charge in [0.25, 0.3) is 0 Å². The average molecular weight is 378 g/mol. The third-order valence-corrected chi connectivity index (χ3v) is 6.23. The predicted octanol–water partition coefficient (Wildman–Crippen LogP) is 4.30. The molecule has 1 amide bonds. The predicted molar refractivity (Wildman–Crippen MR) is 114 cm³/mol. The van der Waals surface area contributed by atoms with Crippen LogP contribution in [0.2, 0.25) is 0 Å². The molecule has 1 atom stereocenters. The molecule has 1 aromatic carbocycles. The highest BCUT2D eigenvalue weighted by Gasteiger charge is 2.37. The van der Waals surface area contributed by atoms with Gasteiger partial charge >= 0.3 is 0 Å². The Labute approximate surface area is 164 Å². The third kappa shape index (κ3) is 3.54. The van der Waals surface area contributed by atoms with Gasteiger partial charge in [-0.25, -0.2) is 0 Å². The fourth-order valence-electron chi connectivity index (χ4n) is 3.11. The summed E-state index contributed by atoms with van der Waals surface area (Å²) in [5, 5.41) is 12.3. The van der Waals surface area contributed by atoms with Crippen molar-refractivity contribution in [2.45, 2.75) is 32.7 Å². The van der Waals surface area contributed by atoms with E-state index in [1.165, 1.54) is 20.5 Å². The number of guanidine groups is 1. The van der Waals surface area contributed by atoms with Crippen LogP contribution in [-0.2, 0) is 4.79 Å². The minimum atomic E-state index is -0.647. The van der Waals surface area contributed by atoms with Gasteiger partial charge in [-0.05, 0) is 61.6 Å². The molecule has 0 unspecified atom stereocenters. The van der Waals surface area contributed by atoms with E-state index in [0.717, 1.165) is 16.0 Å². The Morgan fingerprint density at radius 1 is 1.48 bits per heavy atom. The largest absolute Gasteiger partial charge is 0.346 e. The summed E-state index contributed by atoms with van der Waals surface area (Å²) in [6.07, 6.45) is 4.27. The van der Waals surface area contributed by atoms with Crippen LogP contribution in [0, 0.1) is 24.2 Å². The summed E-state index contributed by atoms with van der Waals surface area (Å²) in [4.78, 5) is 14.6. The third-order valence-electron chi connectivity index (χ3n) is 5.00. The van der Waals surface area contributed by atoms with Crippen LogP contribution in [0.5, 0.6) is 0 Å². The van der Waals surface area contributed by atoms with Gasteiger partial charge in [0.1, 0.15) is 0 Å². The maximum atomic E-state index is 12.1. The summed E-state index contributed by atoms with van der Waals surface area (Å²) < 4.78 is 1.22.